The van der Waals surface area contributed by atoms with Gasteiger partial charge in [-0.05, 0) is 44.9 Å². The fourth-order valence-electron chi connectivity index (χ4n) is 3.82. The van der Waals surface area contributed by atoms with Crippen molar-refractivity contribution in [2.75, 3.05) is 25.4 Å². The smallest absolute Gasteiger partial charge is 0.410 e. The molecule has 34 heavy (non-hydrogen) atoms. The molecule has 1 aliphatic rings. The molecule has 2 atom stereocenters. The van der Waals surface area contributed by atoms with E-state index in [0.717, 1.165) is 0 Å². The third-order valence-electron chi connectivity index (χ3n) is 5.14. The van der Waals surface area contributed by atoms with Gasteiger partial charge in [-0.2, -0.15) is 0 Å². The molecule has 1 saturated heterocycles. The second-order valence-electron chi connectivity index (χ2n) is 9.05. The van der Waals surface area contributed by atoms with Crippen molar-refractivity contribution in [1.29, 1.82) is 0 Å². The molecule has 1 unspecified atom stereocenters. The van der Waals surface area contributed by atoms with Crippen LogP contribution >= 0.6 is 11.6 Å². The molecule has 0 aliphatic carbocycles. The van der Waals surface area contributed by atoms with Gasteiger partial charge in [0.1, 0.15) is 29.3 Å². The average molecular weight is 494 g/mol. The number of nitrogens with two attached hydrogens (primary N) is 1. The molecule has 0 bridgehead atoms. The van der Waals surface area contributed by atoms with Crippen molar-refractivity contribution in [2.45, 2.75) is 59.0 Å². The lowest BCUT2D eigenvalue weighted by molar-refractivity contribution is -0.0922. The number of morpholine rings is 1. The standard InChI is InChI=1S/C21H28ClN7O5/c1-6-29-16-13(7-24-17(22)14(16)25-19(29)15-18(23)27-34-26-15)31-10-12-9-28(8-11(2)32-12)20(30)33-21(3,4)5/h7,11-12H,6,8-10H2,1-5H3,(H2,23,27)/t11?,12-/m0/s1. The van der Waals surface area contributed by atoms with Crippen LogP contribution in [-0.2, 0) is 16.0 Å². The molecule has 1 amide bonds. The Morgan fingerprint density at radius 1 is 1.32 bits per heavy atom. The number of imidazole rings is 1. The minimum atomic E-state index is -0.579. The van der Waals surface area contributed by atoms with Crippen LogP contribution in [0.5, 0.6) is 5.75 Å². The summed E-state index contributed by atoms with van der Waals surface area (Å²) >= 11 is 6.33. The molecule has 4 heterocycles. The number of ether oxygens (including phenoxy) is 3. The van der Waals surface area contributed by atoms with Crippen molar-refractivity contribution in [3.8, 4) is 17.3 Å². The number of carbonyl (C=O) groups excluding carboxylic acids is 1. The van der Waals surface area contributed by atoms with Gasteiger partial charge in [0, 0.05) is 6.54 Å². The first-order chi connectivity index (χ1) is 16.1. The number of amides is 1. The quantitative estimate of drug-likeness (QED) is 0.526. The van der Waals surface area contributed by atoms with E-state index in [1.54, 1.807) is 4.90 Å². The monoisotopic (exact) mass is 493 g/mol. The summed E-state index contributed by atoms with van der Waals surface area (Å²) in [5, 5.41) is 7.70. The summed E-state index contributed by atoms with van der Waals surface area (Å²) < 4.78 is 24.2. The first-order valence-corrected chi connectivity index (χ1v) is 11.3. The fourth-order valence-corrected chi connectivity index (χ4v) is 4.01. The van der Waals surface area contributed by atoms with Gasteiger partial charge in [-0.25, -0.2) is 19.4 Å². The number of nitrogen functional groups attached to an aromatic ring is 1. The van der Waals surface area contributed by atoms with Gasteiger partial charge in [-0.15, -0.1) is 0 Å². The van der Waals surface area contributed by atoms with Gasteiger partial charge in [0.2, 0.25) is 0 Å². The number of pyridine rings is 1. The number of anilines is 1. The molecule has 3 aromatic heterocycles. The highest BCUT2D eigenvalue weighted by Gasteiger charge is 2.32. The second-order valence-corrected chi connectivity index (χ2v) is 9.41. The van der Waals surface area contributed by atoms with Gasteiger partial charge in [-0.3, -0.25) is 0 Å². The molecule has 3 aromatic rings. The number of hydrogen-bond acceptors (Lipinski definition) is 10. The molecule has 1 fully saturated rings. The largest absolute Gasteiger partial charge is 0.487 e. The van der Waals surface area contributed by atoms with E-state index < -0.39 is 5.60 Å². The molecule has 0 aromatic carbocycles. The van der Waals surface area contributed by atoms with E-state index in [4.69, 9.17) is 36.2 Å². The maximum Gasteiger partial charge on any atom is 0.410 e. The lowest BCUT2D eigenvalue weighted by Crippen LogP contribution is -2.52. The number of carbonyl (C=O) groups is 1. The third kappa shape index (κ3) is 4.87. The van der Waals surface area contributed by atoms with E-state index in [1.165, 1.54) is 6.20 Å². The van der Waals surface area contributed by atoms with E-state index in [9.17, 15) is 4.79 Å². The summed E-state index contributed by atoms with van der Waals surface area (Å²) in [5.74, 6) is 1.01. The zero-order valence-corrected chi connectivity index (χ0v) is 20.5. The number of nitrogens with zero attached hydrogens (tertiary/aromatic N) is 6. The van der Waals surface area contributed by atoms with Crippen LogP contribution in [0.25, 0.3) is 22.6 Å². The van der Waals surface area contributed by atoms with Crippen molar-refractivity contribution in [1.82, 2.24) is 29.7 Å². The van der Waals surface area contributed by atoms with Gasteiger partial charge in [0.15, 0.2) is 28.2 Å². The summed E-state index contributed by atoms with van der Waals surface area (Å²) in [4.78, 5) is 23.0. The Balaban J connectivity index is 1.58. The van der Waals surface area contributed by atoms with Crippen molar-refractivity contribution >= 4 is 34.5 Å². The Morgan fingerprint density at radius 3 is 2.74 bits per heavy atom. The average Bonchev–Trinajstić information content (AvgIpc) is 3.35. The van der Waals surface area contributed by atoms with Crippen LogP contribution in [0.15, 0.2) is 10.8 Å². The highest BCUT2D eigenvalue weighted by Crippen LogP contribution is 2.34. The summed E-state index contributed by atoms with van der Waals surface area (Å²) in [6, 6.07) is 0. The first kappa shape index (κ1) is 24.0. The molecule has 0 radical (unpaired) electrons. The van der Waals surface area contributed by atoms with Crippen LogP contribution < -0.4 is 10.5 Å². The molecule has 184 valence electrons. The first-order valence-electron chi connectivity index (χ1n) is 11.0. The van der Waals surface area contributed by atoms with Crippen LogP contribution in [0.3, 0.4) is 0 Å². The third-order valence-corrected chi connectivity index (χ3v) is 5.41. The number of aryl methyl sites for hydroxylation is 1. The van der Waals surface area contributed by atoms with Crippen LogP contribution in [0.1, 0.15) is 34.6 Å². The lowest BCUT2D eigenvalue weighted by Gasteiger charge is -2.37. The summed E-state index contributed by atoms with van der Waals surface area (Å²) in [5.41, 5.74) is 6.67. The maximum absolute atomic E-state index is 12.6. The maximum atomic E-state index is 12.6. The Kier molecular flexibility index (Phi) is 6.54. The zero-order chi connectivity index (χ0) is 24.6. The highest BCUT2D eigenvalue weighted by atomic mass is 35.5. The number of fused-ring (bicyclic) bond motifs is 1. The normalized spacial score (nSPS) is 18.9. The van der Waals surface area contributed by atoms with Crippen molar-refractivity contribution in [3.05, 3.63) is 11.3 Å². The summed E-state index contributed by atoms with van der Waals surface area (Å²) in [7, 11) is 0. The molecule has 2 N–H and O–H groups in total. The van der Waals surface area contributed by atoms with Gasteiger partial charge in [-0.1, -0.05) is 11.6 Å². The van der Waals surface area contributed by atoms with Gasteiger partial charge < -0.3 is 29.4 Å². The summed E-state index contributed by atoms with van der Waals surface area (Å²) in [6.45, 7) is 10.8. The SMILES string of the molecule is CCn1c(-c2nonc2N)nc2c(Cl)ncc(OC[C@@H]3CN(C(=O)OC(C)(C)C)CC(C)O3)c21. The van der Waals surface area contributed by atoms with E-state index >= 15 is 0 Å². The van der Waals surface area contributed by atoms with Crippen molar-refractivity contribution in [3.63, 3.8) is 0 Å². The number of halogens is 1. The zero-order valence-electron chi connectivity index (χ0n) is 19.7. The fraction of sp³-hybridized carbons (Fsp3) is 0.571. The van der Waals surface area contributed by atoms with Gasteiger partial charge in [0.25, 0.3) is 0 Å². The van der Waals surface area contributed by atoms with Crippen LogP contribution in [0, 0.1) is 0 Å². The number of aromatic nitrogens is 5. The molecule has 13 heteroatoms. The van der Waals surface area contributed by atoms with Crippen molar-refractivity contribution < 1.29 is 23.6 Å². The molecule has 0 spiro atoms. The molecule has 1 aliphatic heterocycles. The molecular formula is C21H28ClN7O5. The Hall–Kier alpha value is -3.12. The van der Waals surface area contributed by atoms with Crippen molar-refractivity contribution in [2.24, 2.45) is 0 Å². The van der Waals surface area contributed by atoms with Gasteiger partial charge >= 0.3 is 6.09 Å². The Morgan fingerprint density at radius 2 is 2.09 bits per heavy atom. The molecule has 4 rings (SSSR count). The molecule has 0 saturated carbocycles. The lowest BCUT2D eigenvalue weighted by atomic mass is 10.2. The number of rotatable bonds is 5. The predicted molar refractivity (Wildman–Crippen MR) is 124 cm³/mol. The highest BCUT2D eigenvalue weighted by molar-refractivity contribution is 6.34. The molecule has 12 nitrogen and oxygen atoms in total. The topological polar surface area (TPSA) is 144 Å². The van der Waals surface area contributed by atoms with Crippen LogP contribution in [-0.4, -0.2) is 73.3 Å². The second kappa shape index (κ2) is 9.26. The minimum absolute atomic E-state index is 0.114. The summed E-state index contributed by atoms with van der Waals surface area (Å²) in [6.07, 6.45) is 0.615. The van der Waals surface area contributed by atoms with E-state index in [-0.39, 0.29) is 35.9 Å². The van der Waals surface area contributed by atoms with Crippen LogP contribution in [0.4, 0.5) is 10.6 Å². The minimum Gasteiger partial charge on any atom is -0.487 e. The van der Waals surface area contributed by atoms with Gasteiger partial charge in [0.05, 0.1) is 25.4 Å². The van der Waals surface area contributed by atoms with E-state index in [0.29, 0.717) is 47.9 Å². The Bertz CT molecular complexity index is 1190. The van der Waals surface area contributed by atoms with E-state index in [2.05, 4.69) is 20.3 Å². The van der Waals surface area contributed by atoms with Crippen LogP contribution in [0.2, 0.25) is 5.15 Å². The molecular weight excluding hydrogens is 466 g/mol. The van der Waals surface area contributed by atoms with E-state index in [1.807, 2.05) is 39.2 Å². The predicted octanol–water partition coefficient (Wildman–Crippen LogP) is 3.14. The number of hydrogen-bond donors (Lipinski definition) is 1. The Labute approximate surface area is 201 Å².